The van der Waals surface area contributed by atoms with Crippen molar-refractivity contribution in [2.24, 2.45) is 7.05 Å². The molecule has 2 aromatic heterocycles. The van der Waals surface area contributed by atoms with Crippen LogP contribution in [0.1, 0.15) is 21.6 Å². The first kappa shape index (κ1) is 13.3. The van der Waals surface area contributed by atoms with Gasteiger partial charge in [0.2, 0.25) is 5.69 Å². The molecule has 0 amide bonds. The summed E-state index contributed by atoms with van der Waals surface area (Å²) < 4.78 is 3.64. The van der Waals surface area contributed by atoms with Gasteiger partial charge in [-0.15, -0.1) is 11.3 Å². The fourth-order valence-electron chi connectivity index (χ4n) is 2.87. The molecule has 3 rings (SSSR count). The van der Waals surface area contributed by atoms with E-state index in [2.05, 4.69) is 69.8 Å². The smallest absolute Gasteiger partial charge is 0.200 e. The summed E-state index contributed by atoms with van der Waals surface area (Å²) in [5.74, 6) is 0. The van der Waals surface area contributed by atoms with Crippen LogP contribution in [-0.4, -0.2) is 0 Å². The second kappa shape index (κ2) is 4.71. The zero-order valence-corrected chi connectivity index (χ0v) is 13.6. The molecule has 0 aliphatic heterocycles. The van der Waals surface area contributed by atoms with E-state index >= 15 is 0 Å². The van der Waals surface area contributed by atoms with Crippen molar-refractivity contribution in [2.45, 2.75) is 27.7 Å². The molecule has 102 valence electrons. The second-order valence-corrected chi connectivity index (χ2v) is 6.93. The number of rotatable bonds is 1. The van der Waals surface area contributed by atoms with Gasteiger partial charge in [0.25, 0.3) is 0 Å². The Bertz CT molecular complexity index is 812. The van der Waals surface area contributed by atoms with Gasteiger partial charge in [-0.3, -0.25) is 0 Å². The molecule has 0 atom stereocenters. The van der Waals surface area contributed by atoms with Crippen LogP contribution in [0.15, 0.2) is 30.5 Å². The van der Waals surface area contributed by atoms with Crippen LogP contribution in [0.25, 0.3) is 21.3 Å². The maximum Gasteiger partial charge on any atom is 0.230 e. The van der Waals surface area contributed by atoms with Crippen LogP contribution in [0.5, 0.6) is 0 Å². The zero-order valence-electron chi connectivity index (χ0n) is 12.7. The highest BCUT2D eigenvalue weighted by Crippen LogP contribution is 2.34. The van der Waals surface area contributed by atoms with Crippen molar-refractivity contribution in [3.63, 3.8) is 0 Å². The predicted octanol–water partition coefficient (Wildman–Crippen LogP) is 4.63. The lowest BCUT2D eigenvalue weighted by atomic mass is 9.97. The summed E-state index contributed by atoms with van der Waals surface area (Å²) in [5, 5.41) is 1.35. The van der Waals surface area contributed by atoms with E-state index in [1.54, 1.807) is 0 Å². The molecule has 0 aliphatic carbocycles. The zero-order chi connectivity index (χ0) is 14.4. The number of hydrogen-bond acceptors (Lipinski definition) is 1. The van der Waals surface area contributed by atoms with E-state index in [0.717, 1.165) is 0 Å². The lowest BCUT2D eigenvalue weighted by molar-refractivity contribution is -0.659. The van der Waals surface area contributed by atoms with Gasteiger partial charge in [0.1, 0.15) is 11.7 Å². The van der Waals surface area contributed by atoms with Crippen LogP contribution in [0.4, 0.5) is 0 Å². The van der Waals surface area contributed by atoms with Crippen molar-refractivity contribution < 1.29 is 4.57 Å². The molecule has 0 unspecified atom stereocenters. The third-order valence-corrected chi connectivity index (χ3v) is 5.07. The van der Waals surface area contributed by atoms with E-state index in [-0.39, 0.29) is 0 Å². The summed E-state index contributed by atoms with van der Waals surface area (Å²) >= 11 is 1.89. The van der Waals surface area contributed by atoms with Crippen LogP contribution < -0.4 is 4.57 Å². The molecule has 0 saturated carbocycles. The summed E-state index contributed by atoms with van der Waals surface area (Å²) in [6, 6.07) is 9.06. The number of aryl methyl sites for hydroxylation is 4. The highest BCUT2D eigenvalue weighted by atomic mass is 32.1. The molecule has 3 aromatic rings. The number of fused-ring (bicyclic) bond motifs is 1. The quantitative estimate of drug-likeness (QED) is 0.573. The van der Waals surface area contributed by atoms with E-state index in [1.165, 1.54) is 42.9 Å². The summed E-state index contributed by atoms with van der Waals surface area (Å²) in [5.41, 5.74) is 6.77. The van der Waals surface area contributed by atoms with Gasteiger partial charge in [0.15, 0.2) is 6.20 Å². The Morgan fingerprint density at radius 1 is 1.00 bits per heavy atom. The number of nitrogens with zero attached hydrogens (tertiary/aromatic N) is 1. The third kappa shape index (κ3) is 2.04. The molecule has 1 nitrogen and oxygen atoms in total. The first-order chi connectivity index (χ1) is 9.47. The Hall–Kier alpha value is -1.67. The Kier molecular flexibility index (Phi) is 3.14. The van der Waals surface area contributed by atoms with Crippen LogP contribution in [0.3, 0.4) is 0 Å². The standard InChI is InChI=1S/C18H20NS/c1-11-8-12(2)14(4)16(9-11)17-18-15(6-7-19(17)5)10-13(3)20-18/h6-10H,1-5H3/q+1. The molecular formula is C18H20NS+. The number of aromatic nitrogens is 1. The van der Waals surface area contributed by atoms with Gasteiger partial charge in [-0.05, 0) is 51.0 Å². The first-order valence-electron chi connectivity index (χ1n) is 6.94. The number of hydrogen-bond donors (Lipinski definition) is 0. The molecule has 1 aromatic carbocycles. The molecule has 0 radical (unpaired) electrons. The van der Waals surface area contributed by atoms with E-state index in [0.29, 0.717) is 0 Å². The van der Waals surface area contributed by atoms with Crippen LogP contribution >= 0.6 is 11.3 Å². The third-order valence-electron chi connectivity index (χ3n) is 4.00. The minimum Gasteiger partial charge on any atom is -0.200 e. The monoisotopic (exact) mass is 282 g/mol. The summed E-state index contributed by atoms with van der Waals surface area (Å²) in [6.45, 7) is 8.79. The molecule has 0 bridgehead atoms. The number of thiophene rings is 1. The van der Waals surface area contributed by atoms with Gasteiger partial charge in [0.05, 0.1) is 5.56 Å². The average molecular weight is 282 g/mol. The maximum absolute atomic E-state index is 2.31. The van der Waals surface area contributed by atoms with Gasteiger partial charge < -0.3 is 0 Å². The predicted molar refractivity (Wildman–Crippen MR) is 87.4 cm³/mol. The maximum atomic E-state index is 2.31. The lowest BCUT2D eigenvalue weighted by Crippen LogP contribution is -2.30. The van der Waals surface area contributed by atoms with Crippen molar-refractivity contribution in [1.29, 1.82) is 0 Å². The van der Waals surface area contributed by atoms with Gasteiger partial charge >= 0.3 is 0 Å². The van der Waals surface area contributed by atoms with Crippen molar-refractivity contribution in [3.8, 4) is 11.3 Å². The van der Waals surface area contributed by atoms with Crippen molar-refractivity contribution in [1.82, 2.24) is 0 Å². The summed E-state index contributed by atoms with van der Waals surface area (Å²) in [6.07, 6.45) is 2.17. The van der Waals surface area contributed by atoms with Crippen molar-refractivity contribution in [3.05, 3.63) is 52.0 Å². The van der Waals surface area contributed by atoms with Crippen LogP contribution in [0.2, 0.25) is 0 Å². The topological polar surface area (TPSA) is 3.88 Å². The number of benzene rings is 1. The fourth-order valence-corrected chi connectivity index (χ4v) is 3.97. The van der Waals surface area contributed by atoms with Gasteiger partial charge in [0, 0.05) is 16.3 Å². The summed E-state index contributed by atoms with van der Waals surface area (Å²) in [7, 11) is 2.14. The van der Waals surface area contributed by atoms with E-state index in [1.807, 2.05) is 11.3 Å². The minimum absolute atomic E-state index is 1.33. The molecule has 0 fully saturated rings. The molecule has 0 spiro atoms. The molecular weight excluding hydrogens is 262 g/mol. The lowest BCUT2D eigenvalue weighted by Gasteiger charge is -2.09. The van der Waals surface area contributed by atoms with Crippen LogP contribution in [-0.2, 0) is 7.05 Å². The van der Waals surface area contributed by atoms with Gasteiger partial charge in [-0.1, -0.05) is 11.6 Å². The van der Waals surface area contributed by atoms with E-state index in [4.69, 9.17) is 0 Å². The molecule has 2 heteroatoms. The molecule has 2 heterocycles. The average Bonchev–Trinajstić information content (AvgIpc) is 2.74. The van der Waals surface area contributed by atoms with E-state index in [9.17, 15) is 0 Å². The van der Waals surface area contributed by atoms with Gasteiger partial charge in [-0.2, -0.15) is 4.57 Å². The minimum atomic E-state index is 1.33. The SMILES string of the molecule is Cc1cc(C)c(C)c(-c2c3sc(C)cc3cc[n+]2C)c1. The molecule has 0 N–H and O–H groups in total. The summed E-state index contributed by atoms with van der Waals surface area (Å²) in [4.78, 5) is 1.37. The van der Waals surface area contributed by atoms with E-state index < -0.39 is 0 Å². The molecule has 20 heavy (non-hydrogen) atoms. The Labute approximate surface area is 124 Å². The highest BCUT2D eigenvalue weighted by Gasteiger charge is 2.19. The Morgan fingerprint density at radius 2 is 1.75 bits per heavy atom. The molecule has 0 aliphatic rings. The first-order valence-corrected chi connectivity index (χ1v) is 7.76. The molecule has 0 saturated heterocycles. The number of pyridine rings is 1. The fraction of sp³-hybridized carbons (Fsp3) is 0.278. The normalized spacial score (nSPS) is 11.2. The van der Waals surface area contributed by atoms with Crippen molar-refractivity contribution in [2.75, 3.05) is 0 Å². The Balaban J connectivity index is 2.42. The Morgan fingerprint density at radius 3 is 2.50 bits per heavy atom. The largest absolute Gasteiger partial charge is 0.230 e. The van der Waals surface area contributed by atoms with Crippen molar-refractivity contribution >= 4 is 21.4 Å². The highest BCUT2D eigenvalue weighted by molar-refractivity contribution is 7.19. The van der Waals surface area contributed by atoms with Crippen LogP contribution in [0, 0.1) is 27.7 Å². The second-order valence-electron chi connectivity index (χ2n) is 5.67. The van der Waals surface area contributed by atoms with Gasteiger partial charge in [-0.25, -0.2) is 0 Å².